The summed E-state index contributed by atoms with van der Waals surface area (Å²) in [6.45, 7) is 8.32. The summed E-state index contributed by atoms with van der Waals surface area (Å²) in [6, 6.07) is 0. The largest absolute Gasteiger partial charge is 0.515 e. The van der Waals surface area contributed by atoms with Gasteiger partial charge in [0.15, 0.2) is 0 Å². The lowest BCUT2D eigenvalue weighted by atomic mass is 9.97. The highest BCUT2D eigenvalue weighted by atomic mass is 28.4. The van der Waals surface area contributed by atoms with Gasteiger partial charge in [-0.2, -0.15) is 0 Å². The van der Waals surface area contributed by atoms with Gasteiger partial charge in [-0.1, -0.05) is 20.8 Å². The van der Waals surface area contributed by atoms with Crippen LogP contribution in [-0.2, 0) is 13.3 Å². The van der Waals surface area contributed by atoms with Crippen LogP contribution in [0, 0.1) is 5.41 Å². The van der Waals surface area contributed by atoms with E-state index in [2.05, 4.69) is 20.8 Å². The van der Waals surface area contributed by atoms with Crippen LogP contribution < -0.4 is 5.73 Å². The zero-order chi connectivity index (χ0) is 10.7. The summed E-state index contributed by atoms with van der Waals surface area (Å²) < 4.78 is 17.0. The topological polar surface area (TPSA) is 53.7 Å². The molecule has 1 heterocycles. The third kappa shape index (κ3) is 3.03. The van der Waals surface area contributed by atoms with Crippen LogP contribution in [0.15, 0.2) is 0 Å². The first-order chi connectivity index (χ1) is 6.54. The summed E-state index contributed by atoms with van der Waals surface area (Å²) in [7, 11) is -2.49. The Labute approximate surface area is 87.1 Å². The van der Waals surface area contributed by atoms with Gasteiger partial charge in [0, 0.05) is 25.2 Å². The highest BCUT2D eigenvalue weighted by molar-refractivity contribution is 6.61. The van der Waals surface area contributed by atoms with Crippen molar-refractivity contribution in [1.82, 2.24) is 0 Å². The van der Waals surface area contributed by atoms with Crippen molar-refractivity contribution in [2.75, 3.05) is 26.0 Å². The lowest BCUT2D eigenvalue weighted by Gasteiger charge is -2.39. The molecule has 0 aromatic carbocycles. The lowest BCUT2D eigenvalue weighted by molar-refractivity contribution is -0.0414. The summed E-state index contributed by atoms with van der Waals surface area (Å²) in [4.78, 5) is 0. The van der Waals surface area contributed by atoms with Crippen LogP contribution in [0.5, 0.6) is 0 Å². The fourth-order valence-electron chi connectivity index (χ4n) is 1.21. The Kier molecular flexibility index (Phi) is 4.09. The van der Waals surface area contributed by atoms with Crippen LogP contribution in [0.3, 0.4) is 0 Å². The maximum Gasteiger partial charge on any atom is 0.515 e. The maximum absolute atomic E-state index is 5.70. The molecule has 1 saturated heterocycles. The predicted molar refractivity (Wildman–Crippen MR) is 56.7 cm³/mol. The smallest absolute Gasteiger partial charge is 0.373 e. The standard InChI is InChI=1S/C9H21NO3Si/c1-4-5-11-14(8-10)12-6-9(2,3)7-13-14/h4-8,10H2,1-3H3. The molecule has 14 heavy (non-hydrogen) atoms. The molecule has 1 aliphatic rings. The van der Waals surface area contributed by atoms with E-state index in [4.69, 9.17) is 19.0 Å². The summed E-state index contributed by atoms with van der Waals surface area (Å²) in [5.74, 6) is 0. The molecule has 0 unspecified atom stereocenters. The molecule has 0 aromatic heterocycles. The molecule has 84 valence electrons. The van der Waals surface area contributed by atoms with Gasteiger partial charge in [-0.25, -0.2) is 0 Å². The molecular formula is C9H21NO3Si. The average molecular weight is 219 g/mol. The molecule has 0 spiro atoms. The Morgan fingerprint density at radius 2 is 1.93 bits per heavy atom. The molecular weight excluding hydrogens is 198 g/mol. The number of hydrogen-bond donors (Lipinski definition) is 1. The third-order valence-electron chi connectivity index (χ3n) is 2.14. The van der Waals surface area contributed by atoms with E-state index in [1.54, 1.807) is 0 Å². The first kappa shape index (κ1) is 12.1. The van der Waals surface area contributed by atoms with Crippen molar-refractivity contribution in [2.45, 2.75) is 27.2 Å². The minimum atomic E-state index is -2.49. The molecule has 1 fully saturated rings. The molecule has 0 aliphatic carbocycles. The normalized spacial score (nSPS) is 24.9. The molecule has 1 rings (SSSR count). The van der Waals surface area contributed by atoms with Crippen LogP contribution in [0.2, 0.25) is 0 Å². The molecule has 0 bridgehead atoms. The molecule has 4 nitrogen and oxygen atoms in total. The number of nitrogens with two attached hydrogens (primary N) is 1. The molecule has 0 amide bonds. The Bertz CT molecular complexity index is 177. The van der Waals surface area contributed by atoms with Gasteiger partial charge in [-0.3, -0.25) is 0 Å². The zero-order valence-electron chi connectivity index (χ0n) is 9.34. The minimum Gasteiger partial charge on any atom is -0.373 e. The Morgan fingerprint density at radius 3 is 2.36 bits per heavy atom. The van der Waals surface area contributed by atoms with Gasteiger partial charge in [-0.15, -0.1) is 0 Å². The predicted octanol–water partition coefficient (Wildman–Crippen LogP) is 0.923. The van der Waals surface area contributed by atoms with E-state index >= 15 is 0 Å². The molecule has 0 saturated carbocycles. The van der Waals surface area contributed by atoms with Gasteiger partial charge < -0.3 is 19.0 Å². The third-order valence-corrected chi connectivity index (χ3v) is 4.45. The second-order valence-electron chi connectivity index (χ2n) is 4.48. The average Bonchev–Trinajstić information content (AvgIpc) is 2.18. The van der Waals surface area contributed by atoms with Crippen molar-refractivity contribution in [3.8, 4) is 0 Å². The van der Waals surface area contributed by atoms with Crippen molar-refractivity contribution in [2.24, 2.45) is 11.1 Å². The first-order valence-corrected chi connectivity index (χ1v) is 7.09. The summed E-state index contributed by atoms with van der Waals surface area (Å²) in [6.07, 6.45) is 1.34. The highest BCUT2D eigenvalue weighted by Crippen LogP contribution is 2.26. The molecule has 0 aromatic rings. The van der Waals surface area contributed by atoms with Crippen LogP contribution in [0.4, 0.5) is 0 Å². The molecule has 0 radical (unpaired) electrons. The Morgan fingerprint density at radius 1 is 1.36 bits per heavy atom. The van der Waals surface area contributed by atoms with Gasteiger partial charge in [0.25, 0.3) is 0 Å². The summed E-state index contributed by atoms with van der Waals surface area (Å²) in [5.41, 5.74) is 5.74. The number of hydrogen-bond acceptors (Lipinski definition) is 4. The summed E-state index contributed by atoms with van der Waals surface area (Å²) >= 11 is 0. The quantitative estimate of drug-likeness (QED) is 0.715. The van der Waals surface area contributed by atoms with Crippen molar-refractivity contribution in [3.63, 3.8) is 0 Å². The Hall–Kier alpha value is 0.0569. The lowest BCUT2D eigenvalue weighted by Crippen LogP contribution is -2.59. The van der Waals surface area contributed by atoms with Gasteiger partial charge in [0.1, 0.15) is 0 Å². The molecule has 2 N–H and O–H groups in total. The van der Waals surface area contributed by atoms with Gasteiger partial charge in [0.05, 0.1) is 6.17 Å². The van der Waals surface area contributed by atoms with E-state index < -0.39 is 8.80 Å². The van der Waals surface area contributed by atoms with Crippen molar-refractivity contribution < 1.29 is 13.3 Å². The van der Waals surface area contributed by atoms with E-state index in [0.717, 1.165) is 6.42 Å². The maximum atomic E-state index is 5.70. The fraction of sp³-hybridized carbons (Fsp3) is 1.00. The molecule has 5 heteroatoms. The number of rotatable bonds is 4. The van der Waals surface area contributed by atoms with Crippen LogP contribution in [0.25, 0.3) is 0 Å². The SMILES string of the molecule is CCCO[Si]1(CN)OCC(C)(C)CO1. The second kappa shape index (κ2) is 4.72. The van der Waals surface area contributed by atoms with Crippen LogP contribution >= 0.6 is 0 Å². The first-order valence-electron chi connectivity index (χ1n) is 5.15. The van der Waals surface area contributed by atoms with Gasteiger partial charge >= 0.3 is 8.80 Å². The van der Waals surface area contributed by atoms with Crippen LogP contribution in [0.1, 0.15) is 27.2 Å². The van der Waals surface area contributed by atoms with E-state index in [1.165, 1.54) is 0 Å². The van der Waals surface area contributed by atoms with E-state index in [9.17, 15) is 0 Å². The van der Waals surface area contributed by atoms with Crippen molar-refractivity contribution in [1.29, 1.82) is 0 Å². The summed E-state index contributed by atoms with van der Waals surface area (Å²) in [5, 5.41) is 0. The van der Waals surface area contributed by atoms with Gasteiger partial charge in [0.2, 0.25) is 0 Å². The van der Waals surface area contributed by atoms with E-state index in [-0.39, 0.29) is 5.41 Å². The Balaban J connectivity index is 2.48. The van der Waals surface area contributed by atoms with E-state index in [1.807, 2.05) is 0 Å². The second-order valence-corrected chi connectivity index (χ2v) is 7.12. The zero-order valence-corrected chi connectivity index (χ0v) is 10.3. The fourth-order valence-corrected chi connectivity index (χ4v) is 3.55. The molecule has 1 aliphatic heterocycles. The highest BCUT2D eigenvalue weighted by Gasteiger charge is 2.46. The monoisotopic (exact) mass is 219 g/mol. The molecule has 0 atom stereocenters. The van der Waals surface area contributed by atoms with Crippen molar-refractivity contribution >= 4 is 8.80 Å². The van der Waals surface area contributed by atoms with Crippen LogP contribution in [-0.4, -0.2) is 34.8 Å². The van der Waals surface area contributed by atoms with Crippen molar-refractivity contribution in [3.05, 3.63) is 0 Å². The van der Waals surface area contributed by atoms with Gasteiger partial charge in [-0.05, 0) is 6.42 Å². The minimum absolute atomic E-state index is 0.0846. The van der Waals surface area contributed by atoms with E-state index in [0.29, 0.717) is 26.0 Å².